The van der Waals surface area contributed by atoms with Crippen LogP contribution < -0.4 is 29.7 Å². The zero-order valence-electron chi connectivity index (χ0n) is 49.5. The number of aryl methyl sites for hydroxylation is 3. The van der Waals surface area contributed by atoms with Crippen molar-refractivity contribution in [1.82, 2.24) is 19.9 Å². The molecule has 0 fully saturated rings. The highest BCUT2D eigenvalue weighted by Gasteiger charge is 2.37. The molecule has 3 aliphatic heterocycles. The molecule has 0 aliphatic carbocycles. The molecule has 13 rings (SSSR count). The van der Waals surface area contributed by atoms with E-state index in [4.69, 9.17) is 35.3 Å². The van der Waals surface area contributed by atoms with Crippen LogP contribution in [-0.2, 0) is 31.9 Å². The fraction of sp³-hybridized carbons (Fsp3) is 0.265. The van der Waals surface area contributed by atoms with Crippen LogP contribution in [0.2, 0.25) is 5.02 Å². The number of fused-ring (bicyclic) bond motifs is 3. The second kappa shape index (κ2) is 28.0. The molecule has 0 bridgehead atoms. The SMILES string of the molecule is C.COC(=O)[C@@H](O)c1c(C)nc2ccccc2c1-c1ccc2c3c(ccnc13)CCO2.COC(=O)[C@@H](O)c1c(C)nc2ccccc2c1Cl.COc1cccc(C)c1-c1cccc2c1[P@](C(C)(C)C)CO2.Cl.OB(O)c1ccc2c3c(ccnc13)CCO2. The van der Waals surface area contributed by atoms with Crippen LogP contribution in [0, 0.1) is 20.8 Å². The van der Waals surface area contributed by atoms with E-state index >= 15 is 0 Å². The zero-order chi connectivity index (χ0) is 61.1. The highest BCUT2D eigenvalue weighted by Crippen LogP contribution is 2.56. The average Bonchev–Trinajstić information content (AvgIpc) is 1.24. The van der Waals surface area contributed by atoms with E-state index < -0.39 is 31.3 Å². The molecule has 3 aliphatic rings. The van der Waals surface area contributed by atoms with Crippen LogP contribution in [-0.4, -0.2) is 105 Å². The molecule has 456 valence electrons. The first-order valence-corrected chi connectivity index (χ1v) is 29.8. The Hall–Kier alpha value is -7.99. The van der Waals surface area contributed by atoms with Crippen LogP contribution in [0.1, 0.15) is 79.6 Å². The summed E-state index contributed by atoms with van der Waals surface area (Å²) < 4.78 is 32.3. The van der Waals surface area contributed by atoms with Gasteiger partial charge in [0.05, 0.1) is 61.6 Å². The van der Waals surface area contributed by atoms with Gasteiger partial charge in [-0.25, -0.2) is 9.59 Å². The lowest BCUT2D eigenvalue weighted by Gasteiger charge is -2.28. The number of hydrogen-bond acceptors (Lipinski definition) is 16. The standard InChI is InChI=1S/C24H20N2O4.C19H23O2P.C13H12ClNO3.C11H10BNO3.CH4.ClH/c1-13-19(23(27)24(28)29-2)21(15-5-3-4-6-17(15)26-13)16-7-8-18-20-14(10-12-30-18)9-11-25-22(16)20;1-13-8-6-10-15(20-5)17(13)14-9-7-11-16-18(14)22(12-21-16)19(2,3)4;1-7-10(12(16)13(17)18-2)11(14)8-5-3-4-6-9(8)15-7;14-12(15)8-1-2-9-10-7(4-6-16-9)3-5-13-11(8)10;;/h3-9,11,23,27H,10,12H2,1-2H3;6-11H,12H2,1-5H3;3-6,12,16H,1-2H3;1-3,5,14-15H,4,6H2;1H4;1H/t23-;22-;12-;;;/m010.../s1. The van der Waals surface area contributed by atoms with E-state index in [1.54, 1.807) is 51.6 Å². The van der Waals surface area contributed by atoms with Gasteiger partial charge in [0, 0.05) is 96.8 Å². The van der Waals surface area contributed by atoms with E-state index in [2.05, 4.69) is 76.6 Å². The van der Waals surface area contributed by atoms with E-state index in [0.717, 1.165) is 91.6 Å². The van der Waals surface area contributed by atoms with Gasteiger partial charge in [-0.1, -0.05) is 107 Å². The molecule has 0 spiro atoms. The molecule has 16 nitrogen and oxygen atoms in total. The first-order valence-electron chi connectivity index (χ1n) is 27.9. The molecule has 0 saturated heterocycles. The quantitative estimate of drug-likeness (QED) is 0.0631. The Balaban J connectivity index is 0.000000155. The lowest BCUT2D eigenvalue weighted by molar-refractivity contribution is -0.151. The Morgan fingerprint density at radius 1 is 0.625 bits per heavy atom. The maximum atomic E-state index is 12.3. The predicted octanol–water partition coefficient (Wildman–Crippen LogP) is 12.1. The summed E-state index contributed by atoms with van der Waals surface area (Å²) in [5.74, 6) is 2.07. The van der Waals surface area contributed by atoms with Gasteiger partial charge in [0.2, 0.25) is 0 Å². The largest absolute Gasteiger partial charge is 0.496 e. The van der Waals surface area contributed by atoms with Crippen molar-refractivity contribution < 1.29 is 58.3 Å². The number of pyridine rings is 4. The van der Waals surface area contributed by atoms with Crippen molar-refractivity contribution in [1.29, 1.82) is 0 Å². The molecule has 10 aromatic rings. The van der Waals surface area contributed by atoms with E-state index in [9.17, 15) is 29.9 Å². The summed E-state index contributed by atoms with van der Waals surface area (Å²) >= 11 is 6.23. The fourth-order valence-corrected chi connectivity index (χ4v) is 14.0. The maximum absolute atomic E-state index is 12.3. The molecule has 0 radical (unpaired) electrons. The molecule has 0 amide bonds. The van der Waals surface area contributed by atoms with Gasteiger partial charge in [-0.15, -0.1) is 12.4 Å². The third-order valence-electron chi connectivity index (χ3n) is 15.4. The Labute approximate surface area is 524 Å². The highest BCUT2D eigenvalue weighted by atomic mass is 35.5. The number of ether oxygens (including phenoxy) is 6. The number of rotatable bonds is 8. The molecule has 4 aromatic heterocycles. The minimum Gasteiger partial charge on any atom is -0.496 e. The molecule has 88 heavy (non-hydrogen) atoms. The summed E-state index contributed by atoms with van der Waals surface area (Å²) in [7, 11) is 2.36. The number of aromatic nitrogens is 4. The number of nitrogens with zero attached hydrogens (tertiary/aromatic N) is 4. The first kappa shape index (κ1) is 66.0. The van der Waals surface area contributed by atoms with Gasteiger partial charge in [0.25, 0.3) is 0 Å². The number of aliphatic hydroxyl groups is 2. The smallest absolute Gasteiger partial charge is 0.490 e. The van der Waals surface area contributed by atoms with Gasteiger partial charge in [-0.05, 0) is 111 Å². The van der Waals surface area contributed by atoms with E-state index in [1.165, 1.54) is 41.8 Å². The van der Waals surface area contributed by atoms with Crippen LogP contribution in [0.15, 0.2) is 134 Å². The second-order valence-corrected chi connectivity index (χ2v) is 25.0. The minimum absolute atomic E-state index is 0. The first-order chi connectivity index (χ1) is 41.4. The van der Waals surface area contributed by atoms with E-state index in [-0.39, 0.29) is 32.9 Å². The molecule has 20 heteroatoms. The number of hydrogen-bond donors (Lipinski definition) is 4. The number of esters is 2. The normalized spacial score (nSPS) is 14.0. The summed E-state index contributed by atoms with van der Waals surface area (Å²) in [6, 6.07) is 38.8. The molecular formula is C68H70BCl2N4O12P. The van der Waals surface area contributed by atoms with Crippen LogP contribution in [0.3, 0.4) is 0 Å². The number of carbonyl (C=O) groups is 2. The predicted molar refractivity (Wildman–Crippen MR) is 352 cm³/mol. The molecular weight excluding hydrogens is 1180 g/mol. The molecule has 6 aromatic carbocycles. The maximum Gasteiger partial charge on any atom is 0.490 e. The Morgan fingerprint density at radius 2 is 1.17 bits per heavy atom. The van der Waals surface area contributed by atoms with Gasteiger partial charge in [0.15, 0.2) is 12.2 Å². The Morgan fingerprint density at radius 3 is 1.77 bits per heavy atom. The van der Waals surface area contributed by atoms with Gasteiger partial charge in [-0.3, -0.25) is 19.9 Å². The summed E-state index contributed by atoms with van der Waals surface area (Å²) in [6.07, 6.45) is 3.07. The van der Waals surface area contributed by atoms with E-state index in [1.807, 2.05) is 78.9 Å². The van der Waals surface area contributed by atoms with Gasteiger partial charge in [-0.2, -0.15) is 0 Å². The van der Waals surface area contributed by atoms with Gasteiger partial charge in [0.1, 0.15) is 29.3 Å². The zero-order valence-corrected chi connectivity index (χ0v) is 52.0. The number of methoxy groups -OCH3 is 3. The lowest BCUT2D eigenvalue weighted by atomic mass is 9.78. The minimum atomic E-state index is -1.50. The number of aliphatic hydroxyl groups excluding tert-OH is 2. The van der Waals surface area contributed by atoms with Crippen LogP contribution in [0.5, 0.6) is 23.0 Å². The molecule has 0 unspecified atom stereocenters. The third-order valence-corrected chi connectivity index (χ3v) is 18.9. The van der Waals surface area contributed by atoms with Crippen LogP contribution in [0.4, 0.5) is 0 Å². The van der Waals surface area contributed by atoms with Crippen molar-refractivity contribution in [2.75, 3.05) is 40.9 Å². The van der Waals surface area contributed by atoms with Gasteiger partial charge < -0.3 is 48.7 Å². The van der Waals surface area contributed by atoms with Crippen molar-refractivity contribution in [3.8, 4) is 45.3 Å². The van der Waals surface area contributed by atoms with Crippen molar-refractivity contribution in [3.05, 3.63) is 178 Å². The lowest BCUT2D eigenvalue weighted by Crippen LogP contribution is -2.31. The van der Waals surface area contributed by atoms with Crippen LogP contribution >= 0.6 is 31.9 Å². The Bertz CT molecular complexity index is 4220. The topological polar surface area (TPSA) is 222 Å². The summed E-state index contributed by atoms with van der Waals surface area (Å²) in [5.41, 5.74) is 12.7. The number of benzene rings is 6. The highest BCUT2D eigenvalue weighted by molar-refractivity contribution is 7.67. The van der Waals surface area contributed by atoms with Crippen molar-refractivity contribution in [2.45, 2.75) is 79.2 Å². The van der Waals surface area contributed by atoms with Crippen LogP contribution in [0.25, 0.3) is 65.9 Å². The molecule has 7 heterocycles. The molecule has 3 atom stereocenters. The molecule has 0 saturated carbocycles. The third kappa shape index (κ3) is 13.0. The number of carbonyl (C=O) groups excluding carboxylic acids is 2. The fourth-order valence-electron chi connectivity index (χ4n) is 11.3. The molecule has 4 N–H and O–H groups in total. The average molecular weight is 1250 g/mol. The van der Waals surface area contributed by atoms with Crippen molar-refractivity contribution >= 4 is 105 Å². The number of halogens is 2. The summed E-state index contributed by atoms with van der Waals surface area (Å²) in [6.45, 7) is 13.8. The second-order valence-electron chi connectivity index (χ2n) is 21.7. The van der Waals surface area contributed by atoms with Crippen molar-refractivity contribution in [2.24, 2.45) is 0 Å². The monoisotopic (exact) mass is 1250 g/mol. The number of para-hydroxylation sites is 2. The summed E-state index contributed by atoms with van der Waals surface area (Å²) in [4.78, 5) is 41.5. The van der Waals surface area contributed by atoms with E-state index in [0.29, 0.717) is 57.1 Å². The Kier molecular flexibility index (Phi) is 21.0. The van der Waals surface area contributed by atoms with Crippen molar-refractivity contribution in [3.63, 3.8) is 0 Å². The summed E-state index contributed by atoms with van der Waals surface area (Å²) in [5, 5.41) is 44.6. The van der Waals surface area contributed by atoms with Gasteiger partial charge >= 0.3 is 19.1 Å².